The quantitative estimate of drug-likeness (QED) is 0.638. The van der Waals surface area contributed by atoms with Crippen LogP contribution in [0.25, 0.3) is 0 Å². The average Bonchev–Trinajstić information content (AvgIpc) is 2.96. The summed E-state index contributed by atoms with van der Waals surface area (Å²) in [7, 11) is 3.76. The zero-order valence-electron chi connectivity index (χ0n) is 11.9. The van der Waals surface area contributed by atoms with Gasteiger partial charge in [0.2, 0.25) is 0 Å². The maximum absolute atomic E-state index is 5.82. The van der Waals surface area contributed by atoms with Crippen molar-refractivity contribution in [2.24, 2.45) is 12.9 Å². The van der Waals surface area contributed by atoms with Crippen LogP contribution in [0.15, 0.2) is 4.47 Å². The number of methoxy groups -OCH3 is 1. The Balaban J connectivity index is 2.23. The molecule has 0 saturated heterocycles. The monoisotopic (exact) mass is 330 g/mol. The predicted molar refractivity (Wildman–Crippen MR) is 78.7 cm³/mol. The lowest BCUT2D eigenvalue weighted by atomic mass is 9.89. The molecule has 1 aromatic rings. The fraction of sp³-hybridized carbons (Fsp3) is 0.769. The molecular formula is C13H23BrN4O. The summed E-state index contributed by atoms with van der Waals surface area (Å²) in [6.45, 7) is 2.00. The summed E-state index contributed by atoms with van der Waals surface area (Å²) >= 11 is 3.61. The molecule has 1 atom stereocenters. The molecular weight excluding hydrogens is 308 g/mol. The number of aryl methyl sites for hydroxylation is 2. The summed E-state index contributed by atoms with van der Waals surface area (Å²) in [4.78, 5) is 0. The smallest absolute Gasteiger partial charge is 0.0848 e. The van der Waals surface area contributed by atoms with E-state index in [0.717, 1.165) is 35.1 Å². The summed E-state index contributed by atoms with van der Waals surface area (Å²) < 4.78 is 8.81. The molecule has 0 spiro atoms. The first-order valence-electron chi connectivity index (χ1n) is 6.73. The lowest BCUT2D eigenvalue weighted by Gasteiger charge is -2.36. The van der Waals surface area contributed by atoms with Crippen LogP contribution in [-0.2, 0) is 18.2 Å². The normalized spacial score (nSPS) is 19.8. The molecule has 0 aromatic carbocycles. The minimum atomic E-state index is -0.146. The van der Waals surface area contributed by atoms with Gasteiger partial charge in [0, 0.05) is 20.6 Å². The van der Waals surface area contributed by atoms with E-state index >= 15 is 0 Å². The first-order valence-corrected chi connectivity index (χ1v) is 7.52. The number of hydrogen-bond donors (Lipinski definition) is 2. The Morgan fingerprint density at radius 2 is 2.16 bits per heavy atom. The van der Waals surface area contributed by atoms with E-state index in [2.05, 4.69) is 26.5 Å². The van der Waals surface area contributed by atoms with Crippen molar-refractivity contribution >= 4 is 15.9 Å². The van der Waals surface area contributed by atoms with Crippen molar-refractivity contribution in [1.82, 2.24) is 15.2 Å². The highest BCUT2D eigenvalue weighted by Gasteiger charge is 2.41. The Hall–Kier alpha value is -0.430. The van der Waals surface area contributed by atoms with Crippen molar-refractivity contribution in [3.8, 4) is 0 Å². The molecule has 1 aliphatic rings. The maximum Gasteiger partial charge on any atom is 0.0848 e. The van der Waals surface area contributed by atoms with E-state index in [-0.39, 0.29) is 11.6 Å². The first-order chi connectivity index (χ1) is 9.04. The Kier molecular flexibility index (Phi) is 4.66. The topological polar surface area (TPSA) is 65.1 Å². The van der Waals surface area contributed by atoms with Crippen molar-refractivity contribution in [2.75, 3.05) is 7.11 Å². The van der Waals surface area contributed by atoms with Gasteiger partial charge < -0.3 is 4.74 Å². The molecule has 5 nitrogen and oxygen atoms in total. The number of nitrogens with two attached hydrogens (primary N) is 1. The van der Waals surface area contributed by atoms with E-state index in [1.807, 2.05) is 18.7 Å². The summed E-state index contributed by atoms with van der Waals surface area (Å²) in [5.41, 5.74) is 4.98. The third-order valence-electron chi connectivity index (χ3n) is 4.35. The fourth-order valence-corrected chi connectivity index (χ4v) is 3.66. The second kappa shape index (κ2) is 5.91. The highest BCUT2D eigenvalue weighted by atomic mass is 79.9. The van der Waals surface area contributed by atoms with E-state index < -0.39 is 0 Å². The van der Waals surface area contributed by atoms with Crippen molar-refractivity contribution in [2.45, 2.75) is 50.7 Å². The molecule has 108 valence electrons. The molecule has 0 aliphatic heterocycles. The van der Waals surface area contributed by atoms with E-state index in [4.69, 9.17) is 10.6 Å². The van der Waals surface area contributed by atoms with Gasteiger partial charge in [0.1, 0.15) is 0 Å². The number of aromatic nitrogens is 2. The lowest BCUT2D eigenvalue weighted by molar-refractivity contribution is -0.0360. The van der Waals surface area contributed by atoms with Gasteiger partial charge in [-0.2, -0.15) is 5.10 Å². The molecule has 1 aromatic heterocycles. The largest absolute Gasteiger partial charge is 0.377 e. The van der Waals surface area contributed by atoms with Crippen LogP contribution in [0.1, 0.15) is 37.1 Å². The predicted octanol–water partition coefficient (Wildman–Crippen LogP) is 1.82. The van der Waals surface area contributed by atoms with Gasteiger partial charge >= 0.3 is 0 Å². The molecule has 0 radical (unpaired) electrons. The third-order valence-corrected chi connectivity index (χ3v) is 5.38. The molecule has 19 heavy (non-hydrogen) atoms. The number of hydrogen-bond acceptors (Lipinski definition) is 4. The van der Waals surface area contributed by atoms with Crippen LogP contribution in [0.3, 0.4) is 0 Å². The average molecular weight is 331 g/mol. The molecule has 1 unspecified atom stereocenters. The molecule has 6 heteroatoms. The zero-order chi connectivity index (χ0) is 14.0. The number of nitrogens with zero attached hydrogens (tertiary/aromatic N) is 2. The maximum atomic E-state index is 5.82. The zero-order valence-corrected chi connectivity index (χ0v) is 13.5. The second-order valence-electron chi connectivity index (χ2n) is 5.37. The SMILES string of the molecule is COC1(C(Cc2c(Br)c(C)nn2C)NN)CCCC1. The van der Waals surface area contributed by atoms with E-state index in [1.165, 1.54) is 12.8 Å². The van der Waals surface area contributed by atoms with E-state index in [1.54, 1.807) is 7.11 Å². The Bertz CT molecular complexity index is 440. The molecule has 1 aliphatic carbocycles. The van der Waals surface area contributed by atoms with Crippen LogP contribution in [-0.4, -0.2) is 28.5 Å². The van der Waals surface area contributed by atoms with Gasteiger partial charge in [-0.15, -0.1) is 0 Å². The third kappa shape index (κ3) is 2.72. The van der Waals surface area contributed by atoms with Crippen LogP contribution in [0.2, 0.25) is 0 Å². The summed E-state index contributed by atoms with van der Waals surface area (Å²) in [6.07, 6.45) is 5.34. The van der Waals surface area contributed by atoms with Crippen LogP contribution in [0, 0.1) is 6.92 Å². The highest BCUT2D eigenvalue weighted by Crippen LogP contribution is 2.37. The summed E-state index contributed by atoms with van der Waals surface area (Å²) in [5, 5.41) is 4.43. The van der Waals surface area contributed by atoms with Crippen molar-refractivity contribution in [3.63, 3.8) is 0 Å². The number of halogens is 1. The molecule has 0 amide bonds. The molecule has 1 saturated carbocycles. The summed E-state index contributed by atoms with van der Waals surface area (Å²) in [6, 6.07) is 0.103. The molecule has 3 N–H and O–H groups in total. The summed E-state index contributed by atoms with van der Waals surface area (Å²) in [5.74, 6) is 5.79. The minimum absolute atomic E-state index is 0.103. The number of rotatable bonds is 5. The van der Waals surface area contributed by atoms with Gasteiger partial charge in [0.05, 0.1) is 27.5 Å². The van der Waals surface area contributed by atoms with E-state index in [9.17, 15) is 0 Å². The van der Waals surface area contributed by atoms with E-state index in [0.29, 0.717) is 0 Å². The van der Waals surface area contributed by atoms with Crippen molar-refractivity contribution < 1.29 is 4.74 Å². The molecule has 1 heterocycles. The Morgan fingerprint density at radius 1 is 1.53 bits per heavy atom. The van der Waals surface area contributed by atoms with Crippen LogP contribution < -0.4 is 11.3 Å². The fourth-order valence-electron chi connectivity index (χ4n) is 3.16. The number of ether oxygens (including phenoxy) is 1. The van der Waals surface area contributed by atoms with Gasteiger partial charge in [-0.3, -0.25) is 16.0 Å². The van der Waals surface area contributed by atoms with Gasteiger partial charge in [-0.05, 0) is 35.7 Å². The molecule has 2 rings (SSSR count). The van der Waals surface area contributed by atoms with Gasteiger partial charge in [0.25, 0.3) is 0 Å². The second-order valence-corrected chi connectivity index (χ2v) is 6.16. The van der Waals surface area contributed by atoms with Gasteiger partial charge in [0.15, 0.2) is 0 Å². The van der Waals surface area contributed by atoms with Crippen molar-refractivity contribution in [3.05, 3.63) is 15.9 Å². The van der Waals surface area contributed by atoms with Crippen LogP contribution >= 0.6 is 15.9 Å². The number of hydrazine groups is 1. The Morgan fingerprint density at radius 3 is 2.58 bits per heavy atom. The van der Waals surface area contributed by atoms with Gasteiger partial charge in [-0.25, -0.2) is 0 Å². The Labute approximate surface area is 123 Å². The van der Waals surface area contributed by atoms with Gasteiger partial charge in [-0.1, -0.05) is 12.8 Å². The molecule has 0 bridgehead atoms. The van der Waals surface area contributed by atoms with Crippen LogP contribution in [0.5, 0.6) is 0 Å². The first kappa shape index (κ1) is 15.0. The lowest BCUT2D eigenvalue weighted by Crippen LogP contribution is -2.54. The highest BCUT2D eigenvalue weighted by molar-refractivity contribution is 9.10. The van der Waals surface area contributed by atoms with Crippen LogP contribution in [0.4, 0.5) is 0 Å². The van der Waals surface area contributed by atoms with Crippen molar-refractivity contribution in [1.29, 1.82) is 0 Å². The standard InChI is InChI=1S/C13H23BrN4O/c1-9-12(14)10(18(2)17-9)8-11(16-15)13(19-3)6-4-5-7-13/h11,16H,4-8,15H2,1-3H3. The molecule has 1 fully saturated rings. The minimum Gasteiger partial charge on any atom is -0.377 e. The number of nitrogens with one attached hydrogen (secondary N) is 1.